The lowest BCUT2D eigenvalue weighted by Crippen LogP contribution is -2.11. The van der Waals surface area contributed by atoms with Crippen LogP contribution < -0.4 is 5.73 Å². The fourth-order valence-corrected chi connectivity index (χ4v) is 3.42. The highest BCUT2D eigenvalue weighted by Crippen LogP contribution is 2.34. The molecule has 0 saturated carbocycles. The number of hydrogen-bond donors (Lipinski definition) is 1. The first-order chi connectivity index (χ1) is 10.2. The lowest BCUT2D eigenvalue weighted by molar-refractivity contribution is 0.575. The molecule has 0 radical (unpaired) electrons. The SMILES string of the molecule is CCCCC[C@@H](N)c1ccccc1Sc1ccc(Cl)cc1.Cl. The molecule has 1 atom stereocenters. The van der Waals surface area contributed by atoms with E-state index in [1.807, 2.05) is 24.3 Å². The summed E-state index contributed by atoms with van der Waals surface area (Å²) in [6.07, 6.45) is 4.72. The smallest absolute Gasteiger partial charge is 0.0406 e. The van der Waals surface area contributed by atoms with Crippen molar-refractivity contribution in [2.24, 2.45) is 5.73 Å². The van der Waals surface area contributed by atoms with Gasteiger partial charge in [0.2, 0.25) is 0 Å². The molecule has 0 unspecified atom stereocenters. The molecule has 1 nitrogen and oxygen atoms in total. The van der Waals surface area contributed by atoms with E-state index in [2.05, 4.69) is 31.2 Å². The van der Waals surface area contributed by atoms with Gasteiger partial charge in [-0.3, -0.25) is 0 Å². The minimum absolute atomic E-state index is 0. The summed E-state index contributed by atoms with van der Waals surface area (Å²) in [6, 6.07) is 16.5. The minimum atomic E-state index is 0. The molecule has 2 aromatic rings. The lowest BCUT2D eigenvalue weighted by atomic mass is 10.0. The van der Waals surface area contributed by atoms with Crippen LogP contribution in [0.15, 0.2) is 58.3 Å². The van der Waals surface area contributed by atoms with E-state index in [0.717, 1.165) is 11.4 Å². The first-order valence-electron chi connectivity index (χ1n) is 7.48. The van der Waals surface area contributed by atoms with Crippen LogP contribution in [0.4, 0.5) is 0 Å². The highest BCUT2D eigenvalue weighted by atomic mass is 35.5. The maximum absolute atomic E-state index is 6.38. The number of halogens is 2. The van der Waals surface area contributed by atoms with Crippen LogP contribution in [0.25, 0.3) is 0 Å². The quantitative estimate of drug-likeness (QED) is 0.574. The molecule has 120 valence electrons. The second kappa shape index (κ2) is 10.2. The van der Waals surface area contributed by atoms with Gasteiger partial charge >= 0.3 is 0 Å². The van der Waals surface area contributed by atoms with Crippen molar-refractivity contribution in [3.8, 4) is 0 Å². The topological polar surface area (TPSA) is 26.0 Å². The molecule has 0 aliphatic heterocycles. The fraction of sp³-hybridized carbons (Fsp3) is 0.333. The van der Waals surface area contributed by atoms with Gasteiger partial charge in [-0.15, -0.1) is 12.4 Å². The number of hydrogen-bond acceptors (Lipinski definition) is 2. The molecule has 2 aromatic carbocycles. The standard InChI is InChI=1S/C18H22ClNS.ClH/c1-2-3-4-8-17(20)16-7-5-6-9-18(16)21-15-12-10-14(19)11-13-15;/h5-7,9-13,17H,2-4,8,20H2,1H3;1H/t17-;/m1./s1. The summed E-state index contributed by atoms with van der Waals surface area (Å²) in [4.78, 5) is 2.43. The van der Waals surface area contributed by atoms with Crippen LogP contribution in [0.1, 0.15) is 44.2 Å². The monoisotopic (exact) mass is 355 g/mol. The Hall–Kier alpha value is -0.670. The fourth-order valence-electron chi connectivity index (χ4n) is 2.28. The Balaban J connectivity index is 0.00000242. The van der Waals surface area contributed by atoms with Gasteiger partial charge in [0, 0.05) is 20.9 Å². The van der Waals surface area contributed by atoms with Crippen LogP contribution in [0, 0.1) is 0 Å². The van der Waals surface area contributed by atoms with Gasteiger partial charge in [0.1, 0.15) is 0 Å². The summed E-state index contributed by atoms with van der Waals surface area (Å²) < 4.78 is 0. The van der Waals surface area contributed by atoms with Crippen molar-refractivity contribution in [2.45, 2.75) is 48.4 Å². The van der Waals surface area contributed by atoms with Gasteiger partial charge in [0.15, 0.2) is 0 Å². The molecule has 4 heteroatoms. The third-order valence-electron chi connectivity index (χ3n) is 3.48. The number of rotatable bonds is 7. The molecule has 0 bridgehead atoms. The van der Waals surface area contributed by atoms with Gasteiger partial charge in [-0.25, -0.2) is 0 Å². The first-order valence-corrected chi connectivity index (χ1v) is 8.68. The Morgan fingerprint density at radius 1 is 1.05 bits per heavy atom. The Labute approximate surface area is 149 Å². The molecule has 2 rings (SSSR count). The second-order valence-corrected chi connectivity index (χ2v) is 6.75. The molecule has 0 spiro atoms. The molecule has 2 N–H and O–H groups in total. The van der Waals surface area contributed by atoms with Crippen LogP contribution in [0.3, 0.4) is 0 Å². The molecule has 0 aliphatic rings. The molecular weight excluding hydrogens is 333 g/mol. The molecule has 0 aromatic heterocycles. The third-order valence-corrected chi connectivity index (χ3v) is 4.83. The molecule has 0 heterocycles. The molecule has 22 heavy (non-hydrogen) atoms. The summed E-state index contributed by atoms with van der Waals surface area (Å²) >= 11 is 7.69. The average Bonchev–Trinajstić information content (AvgIpc) is 2.50. The average molecular weight is 356 g/mol. The highest BCUT2D eigenvalue weighted by molar-refractivity contribution is 7.99. The number of nitrogens with two attached hydrogens (primary N) is 1. The van der Waals surface area contributed by atoms with Crippen molar-refractivity contribution in [2.75, 3.05) is 0 Å². The van der Waals surface area contributed by atoms with Gasteiger partial charge in [0.25, 0.3) is 0 Å². The molecule has 0 fully saturated rings. The van der Waals surface area contributed by atoms with Gasteiger partial charge in [-0.2, -0.15) is 0 Å². The van der Waals surface area contributed by atoms with Gasteiger partial charge in [-0.05, 0) is 42.3 Å². The zero-order chi connectivity index (χ0) is 15.1. The predicted molar refractivity (Wildman–Crippen MR) is 100 cm³/mol. The van der Waals surface area contributed by atoms with E-state index < -0.39 is 0 Å². The van der Waals surface area contributed by atoms with Crippen molar-refractivity contribution in [3.63, 3.8) is 0 Å². The zero-order valence-electron chi connectivity index (χ0n) is 12.8. The minimum Gasteiger partial charge on any atom is -0.324 e. The van der Waals surface area contributed by atoms with Gasteiger partial charge < -0.3 is 5.73 Å². The van der Waals surface area contributed by atoms with E-state index in [4.69, 9.17) is 17.3 Å². The Bertz CT molecular complexity index is 557. The molecule has 0 saturated heterocycles. The maximum Gasteiger partial charge on any atom is 0.0406 e. The van der Waals surface area contributed by atoms with E-state index in [1.165, 1.54) is 34.6 Å². The van der Waals surface area contributed by atoms with Crippen LogP contribution in [-0.2, 0) is 0 Å². The summed E-state index contributed by atoms with van der Waals surface area (Å²) in [5.74, 6) is 0. The number of benzene rings is 2. The highest BCUT2D eigenvalue weighted by Gasteiger charge is 2.11. The molecule has 0 aliphatic carbocycles. The predicted octanol–water partition coefficient (Wildman–Crippen LogP) is 6.49. The van der Waals surface area contributed by atoms with Crippen molar-refractivity contribution in [1.82, 2.24) is 0 Å². The molecule has 0 amide bonds. The van der Waals surface area contributed by atoms with E-state index in [-0.39, 0.29) is 18.4 Å². The Morgan fingerprint density at radius 2 is 1.73 bits per heavy atom. The first kappa shape index (κ1) is 19.4. The van der Waals surface area contributed by atoms with E-state index in [9.17, 15) is 0 Å². The van der Waals surface area contributed by atoms with E-state index in [1.54, 1.807) is 11.8 Å². The Morgan fingerprint density at radius 3 is 2.41 bits per heavy atom. The second-order valence-electron chi connectivity index (χ2n) is 5.20. The summed E-state index contributed by atoms with van der Waals surface area (Å²) in [7, 11) is 0. The van der Waals surface area contributed by atoms with Crippen molar-refractivity contribution in [1.29, 1.82) is 0 Å². The van der Waals surface area contributed by atoms with Gasteiger partial charge in [0.05, 0.1) is 0 Å². The van der Waals surface area contributed by atoms with Crippen LogP contribution >= 0.6 is 35.8 Å². The van der Waals surface area contributed by atoms with Crippen LogP contribution in [0.5, 0.6) is 0 Å². The van der Waals surface area contributed by atoms with E-state index >= 15 is 0 Å². The van der Waals surface area contributed by atoms with Crippen LogP contribution in [-0.4, -0.2) is 0 Å². The Kier molecular flexibility index (Phi) is 8.96. The van der Waals surface area contributed by atoms with Crippen molar-refractivity contribution >= 4 is 35.8 Å². The van der Waals surface area contributed by atoms with E-state index in [0.29, 0.717) is 0 Å². The third kappa shape index (κ3) is 5.85. The normalized spacial score (nSPS) is 11.8. The summed E-state index contributed by atoms with van der Waals surface area (Å²) in [5, 5.41) is 0.768. The van der Waals surface area contributed by atoms with Crippen molar-refractivity contribution in [3.05, 3.63) is 59.1 Å². The van der Waals surface area contributed by atoms with Gasteiger partial charge in [-0.1, -0.05) is 67.7 Å². The largest absolute Gasteiger partial charge is 0.324 e. The number of unbranched alkanes of at least 4 members (excludes halogenated alkanes) is 2. The zero-order valence-corrected chi connectivity index (χ0v) is 15.2. The van der Waals surface area contributed by atoms with Crippen LogP contribution in [0.2, 0.25) is 5.02 Å². The summed E-state index contributed by atoms with van der Waals surface area (Å²) in [6.45, 7) is 2.22. The molecular formula is C18H23Cl2NS. The summed E-state index contributed by atoms with van der Waals surface area (Å²) in [5.41, 5.74) is 7.62. The maximum atomic E-state index is 6.38. The van der Waals surface area contributed by atoms with Crippen molar-refractivity contribution < 1.29 is 0 Å². The lowest BCUT2D eigenvalue weighted by Gasteiger charge is -2.16.